The maximum absolute atomic E-state index is 2.52. The Bertz CT molecular complexity index is 478. The smallest absolute Gasteiger partial charge is 0.0438 e. The van der Waals surface area contributed by atoms with Crippen molar-refractivity contribution in [3.63, 3.8) is 0 Å². The zero-order valence-corrected chi connectivity index (χ0v) is 27.7. The molecule has 0 heteroatoms. The van der Waals surface area contributed by atoms with Crippen LogP contribution in [0, 0.1) is 59.2 Å². The highest BCUT2D eigenvalue weighted by molar-refractivity contribution is 4.69. The minimum Gasteiger partial charge on any atom is -0.0651 e. The van der Waals surface area contributed by atoms with Crippen molar-refractivity contribution in [2.45, 2.75) is 173 Å². The summed E-state index contributed by atoms with van der Waals surface area (Å²) in [4.78, 5) is 0. The van der Waals surface area contributed by atoms with E-state index < -0.39 is 0 Å². The van der Waals surface area contributed by atoms with Gasteiger partial charge in [0, 0.05) is 0 Å². The normalized spacial score (nSPS) is 19.9. The number of rotatable bonds is 23. The second kappa shape index (κ2) is 20.9. The lowest BCUT2D eigenvalue weighted by atomic mass is 9.82. The highest BCUT2D eigenvalue weighted by Gasteiger charge is 2.17. The predicted molar refractivity (Wildman–Crippen MR) is 168 cm³/mol. The Morgan fingerprint density at radius 1 is 0.306 bits per heavy atom. The maximum Gasteiger partial charge on any atom is -0.0438 e. The summed E-state index contributed by atoms with van der Waals surface area (Å²) in [5, 5.41) is 0. The maximum atomic E-state index is 2.52. The van der Waals surface area contributed by atoms with Crippen LogP contribution in [0.4, 0.5) is 0 Å². The van der Waals surface area contributed by atoms with Crippen molar-refractivity contribution >= 4 is 0 Å². The highest BCUT2D eigenvalue weighted by Crippen LogP contribution is 2.30. The van der Waals surface area contributed by atoms with Gasteiger partial charge in [-0.05, 0) is 104 Å². The molecule has 9 atom stereocenters. The van der Waals surface area contributed by atoms with E-state index in [4.69, 9.17) is 0 Å². The monoisotopic (exact) mass is 507 g/mol. The van der Waals surface area contributed by atoms with Gasteiger partial charge in [-0.1, -0.05) is 128 Å². The fourth-order valence-corrected chi connectivity index (χ4v) is 7.58. The first-order valence-corrected chi connectivity index (χ1v) is 16.8. The van der Waals surface area contributed by atoms with Crippen molar-refractivity contribution in [1.82, 2.24) is 0 Å². The molecule has 0 aromatic rings. The largest absolute Gasteiger partial charge is 0.0651 e. The van der Waals surface area contributed by atoms with Crippen LogP contribution in [0.15, 0.2) is 0 Å². The average Bonchev–Trinajstić information content (AvgIpc) is 2.72. The molecule has 36 heavy (non-hydrogen) atoms. The second-order valence-electron chi connectivity index (χ2n) is 15.3. The van der Waals surface area contributed by atoms with Gasteiger partial charge in [-0.15, -0.1) is 0 Å². The van der Waals surface area contributed by atoms with Crippen molar-refractivity contribution < 1.29 is 0 Å². The second-order valence-corrected chi connectivity index (χ2v) is 15.3. The Morgan fingerprint density at radius 3 is 0.917 bits per heavy atom. The lowest BCUT2D eigenvalue weighted by Crippen LogP contribution is -2.12. The lowest BCUT2D eigenvalue weighted by molar-refractivity contribution is 0.277. The molecule has 0 aliphatic heterocycles. The molecule has 0 N–H and O–H groups in total. The van der Waals surface area contributed by atoms with Crippen molar-refractivity contribution in [3.05, 3.63) is 0 Å². The summed E-state index contributed by atoms with van der Waals surface area (Å²) in [6.07, 6.45) is 19.9. The SMILES string of the molecule is CCC(C)CC(C)CC(C)CC(C)CC(C)CCCC(C)CCCC(C)CC(C)CC(C)CC(C)C. The van der Waals surface area contributed by atoms with E-state index in [9.17, 15) is 0 Å². The molecule has 0 spiro atoms. The molecule has 0 nitrogen and oxygen atoms in total. The van der Waals surface area contributed by atoms with E-state index in [0.29, 0.717) is 0 Å². The van der Waals surface area contributed by atoms with Crippen LogP contribution in [-0.2, 0) is 0 Å². The van der Waals surface area contributed by atoms with Gasteiger partial charge >= 0.3 is 0 Å². The molecular weight excluding hydrogens is 432 g/mol. The van der Waals surface area contributed by atoms with Crippen LogP contribution in [0.3, 0.4) is 0 Å². The average molecular weight is 507 g/mol. The minimum atomic E-state index is 0.847. The van der Waals surface area contributed by atoms with Gasteiger partial charge in [0.05, 0.1) is 0 Å². The fraction of sp³-hybridized carbons (Fsp3) is 1.00. The summed E-state index contributed by atoms with van der Waals surface area (Å²) in [5.41, 5.74) is 0. The topological polar surface area (TPSA) is 0 Å². The Kier molecular flexibility index (Phi) is 20.9. The zero-order valence-electron chi connectivity index (χ0n) is 27.7. The molecule has 218 valence electrons. The van der Waals surface area contributed by atoms with Crippen LogP contribution in [0.25, 0.3) is 0 Å². The summed E-state index contributed by atoms with van der Waals surface area (Å²) in [6, 6.07) is 0. The van der Waals surface area contributed by atoms with E-state index in [1.165, 1.54) is 89.9 Å². The summed E-state index contributed by atoms with van der Waals surface area (Å²) >= 11 is 0. The molecule has 0 aliphatic carbocycles. The first-order chi connectivity index (χ1) is 16.8. The van der Waals surface area contributed by atoms with Crippen LogP contribution < -0.4 is 0 Å². The van der Waals surface area contributed by atoms with Gasteiger partial charge in [0.2, 0.25) is 0 Å². The van der Waals surface area contributed by atoms with Gasteiger partial charge in [-0.3, -0.25) is 0 Å². The van der Waals surface area contributed by atoms with Gasteiger partial charge in [0.25, 0.3) is 0 Å². The van der Waals surface area contributed by atoms with Gasteiger partial charge in [-0.25, -0.2) is 0 Å². The first kappa shape index (κ1) is 36.0. The van der Waals surface area contributed by atoms with Crippen LogP contribution in [0.5, 0.6) is 0 Å². The van der Waals surface area contributed by atoms with E-state index >= 15 is 0 Å². The van der Waals surface area contributed by atoms with Crippen LogP contribution in [0.1, 0.15) is 173 Å². The van der Waals surface area contributed by atoms with Crippen LogP contribution in [0.2, 0.25) is 0 Å². The summed E-state index contributed by atoms with van der Waals surface area (Å²) in [7, 11) is 0. The van der Waals surface area contributed by atoms with E-state index in [-0.39, 0.29) is 0 Å². The molecule has 0 saturated carbocycles. The quantitative estimate of drug-likeness (QED) is 0.129. The van der Waals surface area contributed by atoms with Gasteiger partial charge in [-0.2, -0.15) is 0 Å². The van der Waals surface area contributed by atoms with Crippen molar-refractivity contribution in [2.24, 2.45) is 59.2 Å². The summed E-state index contributed by atoms with van der Waals surface area (Å²) < 4.78 is 0. The van der Waals surface area contributed by atoms with Gasteiger partial charge in [0.1, 0.15) is 0 Å². The van der Waals surface area contributed by atoms with E-state index in [1.807, 2.05) is 0 Å². The molecule has 0 heterocycles. The summed E-state index contributed by atoms with van der Waals surface area (Å²) in [6.45, 7) is 29.5. The Balaban J connectivity index is 3.94. The first-order valence-electron chi connectivity index (χ1n) is 16.8. The Morgan fingerprint density at radius 2 is 0.583 bits per heavy atom. The molecule has 0 saturated heterocycles. The molecule has 9 unspecified atom stereocenters. The van der Waals surface area contributed by atoms with Gasteiger partial charge < -0.3 is 0 Å². The third-order valence-electron chi connectivity index (χ3n) is 9.19. The lowest BCUT2D eigenvalue weighted by Gasteiger charge is -2.24. The van der Waals surface area contributed by atoms with Crippen molar-refractivity contribution in [1.29, 1.82) is 0 Å². The van der Waals surface area contributed by atoms with Crippen LogP contribution in [-0.4, -0.2) is 0 Å². The molecule has 0 radical (unpaired) electrons. The number of hydrogen-bond donors (Lipinski definition) is 0. The Labute approximate surface area is 232 Å². The van der Waals surface area contributed by atoms with E-state index in [0.717, 1.165) is 59.2 Å². The van der Waals surface area contributed by atoms with E-state index in [1.54, 1.807) is 0 Å². The molecule has 0 bridgehead atoms. The molecule has 0 fully saturated rings. The van der Waals surface area contributed by atoms with E-state index in [2.05, 4.69) is 83.1 Å². The molecule has 0 aliphatic rings. The molecule has 0 aromatic heterocycles. The van der Waals surface area contributed by atoms with Crippen molar-refractivity contribution in [2.75, 3.05) is 0 Å². The molecule has 0 aromatic carbocycles. The Hall–Kier alpha value is 0. The third-order valence-corrected chi connectivity index (χ3v) is 9.19. The number of hydrogen-bond acceptors (Lipinski definition) is 0. The fourth-order valence-electron chi connectivity index (χ4n) is 7.58. The standard InChI is InChI=1S/C36H74/c1-13-28(4)21-33(9)25-36(12)26-35(11)23-31(7)19-15-17-29(5)16-14-18-30(6)22-34(10)24-32(8)20-27(2)3/h27-36H,13-26H2,1-12H3. The third kappa shape index (κ3) is 21.0. The predicted octanol–water partition coefficient (Wildman–Crippen LogP) is 12.8. The van der Waals surface area contributed by atoms with Gasteiger partial charge in [0.15, 0.2) is 0 Å². The molecule has 0 amide bonds. The van der Waals surface area contributed by atoms with Crippen LogP contribution >= 0.6 is 0 Å². The molecule has 0 rings (SSSR count). The molecular formula is C36H74. The zero-order chi connectivity index (χ0) is 27.7. The van der Waals surface area contributed by atoms with Crippen molar-refractivity contribution in [3.8, 4) is 0 Å². The summed E-state index contributed by atoms with van der Waals surface area (Å²) in [5.74, 6) is 8.92. The highest BCUT2D eigenvalue weighted by atomic mass is 14.2. The minimum absolute atomic E-state index is 0.847.